The molecule has 4 rings (SSSR count). The maximum Gasteiger partial charge on any atom is 0.276 e. The van der Waals surface area contributed by atoms with Crippen LogP contribution in [0.3, 0.4) is 0 Å². The Balaban J connectivity index is 1.38. The van der Waals surface area contributed by atoms with Crippen molar-refractivity contribution in [2.75, 3.05) is 18.4 Å². The highest BCUT2D eigenvalue weighted by molar-refractivity contribution is 6.02. The van der Waals surface area contributed by atoms with Gasteiger partial charge in [-0.05, 0) is 55.1 Å². The van der Waals surface area contributed by atoms with Gasteiger partial charge < -0.3 is 5.32 Å². The molecular formula is C23H25N5O3. The minimum Gasteiger partial charge on any atom is -0.321 e. The summed E-state index contributed by atoms with van der Waals surface area (Å²) in [6, 6.07) is 15.6. The van der Waals surface area contributed by atoms with Crippen LogP contribution in [-0.4, -0.2) is 38.6 Å². The first-order valence-electron chi connectivity index (χ1n) is 10.4. The molecule has 1 unspecified atom stereocenters. The minimum absolute atomic E-state index is 0.0295. The van der Waals surface area contributed by atoms with Gasteiger partial charge >= 0.3 is 0 Å². The van der Waals surface area contributed by atoms with E-state index >= 15 is 0 Å². The summed E-state index contributed by atoms with van der Waals surface area (Å²) < 4.78 is 1.45. The van der Waals surface area contributed by atoms with Crippen molar-refractivity contribution in [3.8, 4) is 5.69 Å². The number of nitrogens with one attached hydrogen (secondary N) is 1. The Morgan fingerprint density at radius 2 is 2.03 bits per heavy atom. The van der Waals surface area contributed by atoms with Gasteiger partial charge in [-0.1, -0.05) is 25.1 Å². The second kappa shape index (κ2) is 9.09. The Morgan fingerprint density at radius 3 is 2.77 bits per heavy atom. The van der Waals surface area contributed by atoms with E-state index in [0.717, 1.165) is 25.6 Å². The average Bonchev–Trinajstić information content (AvgIpc) is 3.26. The van der Waals surface area contributed by atoms with Crippen LogP contribution in [0.15, 0.2) is 60.8 Å². The fourth-order valence-corrected chi connectivity index (χ4v) is 3.92. The second-order valence-corrected chi connectivity index (χ2v) is 8.06. The summed E-state index contributed by atoms with van der Waals surface area (Å²) in [5.41, 5.74) is 2.65. The molecule has 1 aliphatic rings. The van der Waals surface area contributed by atoms with Crippen molar-refractivity contribution in [1.29, 1.82) is 0 Å². The summed E-state index contributed by atoms with van der Waals surface area (Å²) in [5, 5.41) is 18.1. The van der Waals surface area contributed by atoms with Crippen LogP contribution in [0.1, 0.15) is 35.8 Å². The fourth-order valence-electron chi connectivity index (χ4n) is 3.92. The molecule has 1 aliphatic heterocycles. The molecule has 1 fully saturated rings. The molecule has 2 aromatic carbocycles. The van der Waals surface area contributed by atoms with Gasteiger partial charge in [0.25, 0.3) is 11.6 Å². The summed E-state index contributed by atoms with van der Waals surface area (Å²) in [4.78, 5) is 25.5. The summed E-state index contributed by atoms with van der Waals surface area (Å²) in [6.45, 7) is 5.49. The Hall–Kier alpha value is -3.52. The first kappa shape index (κ1) is 20.7. The van der Waals surface area contributed by atoms with Crippen molar-refractivity contribution in [2.45, 2.75) is 26.3 Å². The highest BCUT2D eigenvalue weighted by Crippen LogP contribution is 2.20. The lowest BCUT2D eigenvalue weighted by atomic mass is 10.00. The smallest absolute Gasteiger partial charge is 0.276 e. The maximum atomic E-state index is 12.6. The second-order valence-electron chi connectivity index (χ2n) is 8.06. The number of nitro groups is 1. The van der Waals surface area contributed by atoms with Gasteiger partial charge in [0, 0.05) is 37.1 Å². The van der Waals surface area contributed by atoms with E-state index < -0.39 is 4.92 Å². The van der Waals surface area contributed by atoms with Crippen molar-refractivity contribution >= 4 is 17.3 Å². The van der Waals surface area contributed by atoms with E-state index in [-0.39, 0.29) is 17.3 Å². The molecule has 1 N–H and O–H groups in total. The lowest BCUT2D eigenvalue weighted by Gasteiger charge is -2.30. The molecule has 0 spiro atoms. The highest BCUT2D eigenvalue weighted by Gasteiger charge is 2.16. The van der Waals surface area contributed by atoms with Gasteiger partial charge in [-0.25, -0.2) is 4.68 Å². The number of carbonyl (C=O) groups is 1. The number of benzene rings is 2. The van der Waals surface area contributed by atoms with Crippen LogP contribution in [0, 0.1) is 16.0 Å². The van der Waals surface area contributed by atoms with Gasteiger partial charge in [-0.15, -0.1) is 0 Å². The van der Waals surface area contributed by atoms with Gasteiger partial charge in [0.1, 0.15) is 0 Å². The molecule has 3 aromatic rings. The molecule has 8 heteroatoms. The van der Waals surface area contributed by atoms with Crippen LogP contribution in [0.4, 0.5) is 11.4 Å². The molecule has 1 aromatic heterocycles. The maximum absolute atomic E-state index is 12.6. The predicted octanol–water partition coefficient (Wildman–Crippen LogP) is 4.26. The molecule has 2 heterocycles. The zero-order chi connectivity index (χ0) is 21.8. The van der Waals surface area contributed by atoms with Crippen LogP contribution >= 0.6 is 0 Å². The largest absolute Gasteiger partial charge is 0.321 e. The van der Waals surface area contributed by atoms with Crippen LogP contribution in [0.25, 0.3) is 5.69 Å². The first-order valence-corrected chi connectivity index (χ1v) is 10.4. The van der Waals surface area contributed by atoms with Crippen molar-refractivity contribution in [2.24, 2.45) is 5.92 Å². The van der Waals surface area contributed by atoms with Crippen molar-refractivity contribution in [3.05, 3.63) is 82.2 Å². The number of carbonyl (C=O) groups excluding carboxylic acids is 1. The highest BCUT2D eigenvalue weighted by atomic mass is 16.6. The molecule has 0 aliphatic carbocycles. The number of nitro benzene ring substituents is 1. The number of hydrogen-bond donors (Lipinski definition) is 1. The van der Waals surface area contributed by atoms with Crippen LogP contribution < -0.4 is 5.32 Å². The molecule has 8 nitrogen and oxygen atoms in total. The number of piperidine rings is 1. The third-order valence-electron chi connectivity index (χ3n) is 5.49. The molecule has 1 saturated heterocycles. The van der Waals surface area contributed by atoms with Gasteiger partial charge in [0.05, 0.1) is 10.6 Å². The van der Waals surface area contributed by atoms with Gasteiger partial charge in [-0.3, -0.25) is 19.8 Å². The van der Waals surface area contributed by atoms with E-state index in [9.17, 15) is 14.9 Å². The van der Waals surface area contributed by atoms with E-state index in [4.69, 9.17) is 0 Å². The summed E-state index contributed by atoms with van der Waals surface area (Å²) in [5.74, 6) is 0.413. The normalized spacial score (nSPS) is 16.7. The predicted molar refractivity (Wildman–Crippen MR) is 118 cm³/mol. The topological polar surface area (TPSA) is 93.3 Å². The zero-order valence-corrected chi connectivity index (χ0v) is 17.4. The summed E-state index contributed by atoms with van der Waals surface area (Å²) >= 11 is 0. The Labute approximate surface area is 180 Å². The van der Waals surface area contributed by atoms with Crippen molar-refractivity contribution in [3.63, 3.8) is 0 Å². The molecular weight excluding hydrogens is 394 g/mol. The quantitative estimate of drug-likeness (QED) is 0.476. The molecule has 0 bridgehead atoms. The number of aromatic nitrogens is 2. The lowest BCUT2D eigenvalue weighted by Crippen LogP contribution is -2.33. The van der Waals surface area contributed by atoms with Gasteiger partial charge in [0.15, 0.2) is 5.69 Å². The Bertz CT molecular complexity index is 1080. The van der Waals surface area contributed by atoms with E-state index in [1.165, 1.54) is 35.2 Å². The number of non-ortho nitro benzene ring substituents is 1. The van der Waals surface area contributed by atoms with E-state index in [1.54, 1.807) is 24.4 Å². The van der Waals surface area contributed by atoms with Crippen molar-refractivity contribution in [1.82, 2.24) is 14.7 Å². The van der Waals surface area contributed by atoms with E-state index in [0.29, 0.717) is 11.4 Å². The van der Waals surface area contributed by atoms with Crippen LogP contribution in [0.5, 0.6) is 0 Å². The number of likely N-dealkylation sites (tertiary alicyclic amines) is 1. The molecule has 0 saturated carbocycles. The number of rotatable bonds is 6. The molecule has 1 amide bonds. The third-order valence-corrected chi connectivity index (χ3v) is 5.49. The molecule has 0 radical (unpaired) electrons. The number of anilines is 1. The monoisotopic (exact) mass is 419 g/mol. The number of amides is 1. The van der Waals surface area contributed by atoms with Crippen LogP contribution in [0.2, 0.25) is 0 Å². The molecule has 1 atom stereocenters. The number of hydrogen-bond acceptors (Lipinski definition) is 5. The van der Waals surface area contributed by atoms with Crippen molar-refractivity contribution < 1.29 is 9.72 Å². The third kappa shape index (κ3) is 5.16. The average molecular weight is 419 g/mol. The lowest BCUT2D eigenvalue weighted by molar-refractivity contribution is -0.384. The Morgan fingerprint density at radius 1 is 1.23 bits per heavy atom. The molecule has 31 heavy (non-hydrogen) atoms. The minimum atomic E-state index is -0.462. The summed E-state index contributed by atoms with van der Waals surface area (Å²) in [6.07, 6.45) is 4.16. The molecule has 160 valence electrons. The van der Waals surface area contributed by atoms with E-state index in [2.05, 4.69) is 22.2 Å². The van der Waals surface area contributed by atoms with Gasteiger partial charge in [-0.2, -0.15) is 5.10 Å². The zero-order valence-electron chi connectivity index (χ0n) is 17.4. The van der Waals surface area contributed by atoms with E-state index in [1.807, 2.05) is 24.3 Å². The summed E-state index contributed by atoms with van der Waals surface area (Å²) in [7, 11) is 0. The SMILES string of the molecule is CC1CCCN(Cc2ccc(NC(=O)c3ccn(-c4cccc([N+](=O)[O-])c4)n3)cc2)C1. The van der Waals surface area contributed by atoms with Gasteiger partial charge in [0.2, 0.25) is 0 Å². The first-order chi connectivity index (χ1) is 15.0. The fraction of sp³-hybridized carbons (Fsp3) is 0.304. The van der Waals surface area contributed by atoms with Crippen LogP contribution in [-0.2, 0) is 6.54 Å². The standard InChI is InChI=1S/C23H25N5O3/c1-17-4-3-12-26(15-17)16-18-7-9-19(10-8-18)24-23(29)22-11-13-27(25-22)20-5-2-6-21(14-20)28(30)31/h2,5-11,13-14,17H,3-4,12,15-16H2,1H3,(H,24,29). The Kier molecular flexibility index (Phi) is 6.08. The number of nitrogens with zero attached hydrogens (tertiary/aromatic N) is 4.